The van der Waals surface area contributed by atoms with Crippen LogP contribution in [0.15, 0.2) is 30.3 Å². The Labute approximate surface area is 121 Å². The van der Waals surface area contributed by atoms with Crippen molar-refractivity contribution in [3.8, 4) is 0 Å². The van der Waals surface area contributed by atoms with E-state index in [1.165, 1.54) is 6.07 Å². The average Bonchev–Trinajstić information content (AvgIpc) is 2.46. The van der Waals surface area contributed by atoms with E-state index in [-0.39, 0.29) is 17.1 Å². The maximum absolute atomic E-state index is 11.5. The summed E-state index contributed by atoms with van der Waals surface area (Å²) in [6.07, 6.45) is 0. The summed E-state index contributed by atoms with van der Waals surface area (Å²) in [5.41, 5.74) is 0.782. The van der Waals surface area contributed by atoms with Gasteiger partial charge in [0.1, 0.15) is 5.82 Å². The molecule has 1 fully saturated rings. The van der Waals surface area contributed by atoms with Gasteiger partial charge in [-0.3, -0.25) is 0 Å². The van der Waals surface area contributed by atoms with Crippen LogP contribution in [0.3, 0.4) is 0 Å². The van der Waals surface area contributed by atoms with Gasteiger partial charge in [-0.2, -0.15) is 0 Å². The molecule has 0 atom stereocenters. The topological polar surface area (TPSA) is 87.6 Å². The SMILES string of the molecule is O=C(O)c1cc(N2CCS(=O)(=O)CC2)nc2ccccc12. The van der Waals surface area contributed by atoms with E-state index < -0.39 is 15.8 Å². The number of carboxylic acid groups (broad SMARTS) is 1. The summed E-state index contributed by atoms with van der Waals surface area (Å²) >= 11 is 0. The van der Waals surface area contributed by atoms with Crippen molar-refractivity contribution in [2.45, 2.75) is 0 Å². The van der Waals surface area contributed by atoms with Crippen LogP contribution in [0.2, 0.25) is 0 Å². The maximum Gasteiger partial charge on any atom is 0.336 e. The van der Waals surface area contributed by atoms with Crippen molar-refractivity contribution < 1.29 is 18.3 Å². The van der Waals surface area contributed by atoms with Gasteiger partial charge in [-0.05, 0) is 12.1 Å². The van der Waals surface area contributed by atoms with Crippen LogP contribution < -0.4 is 4.90 Å². The highest BCUT2D eigenvalue weighted by molar-refractivity contribution is 7.91. The molecule has 1 saturated heterocycles. The van der Waals surface area contributed by atoms with Crippen molar-refractivity contribution >= 4 is 32.5 Å². The summed E-state index contributed by atoms with van der Waals surface area (Å²) in [6.45, 7) is 0.680. The molecule has 1 N–H and O–H groups in total. The molecule has 2 heterocycles. The highest BCUT2D eigenvalue weighted by Gasteiger charge is 2.23. The van der Waals surface area contributed by atoms with Crippen molar-refractivity contribution in [2.24, 2.45) is 0 Å². The van der Waals surface area contributed by atoms with Crippen molar-refractivity contribution in [1.29, 1.82) is 0 Å². The van der Waals surface area contributed by atoms with Crippen molar-refractivity contribution in [3.05, 3.63) is 35.9 Å². The Hall–Kier alpha value is -2.15. The van der Waals surface area contributed by atoms with Gasteiger partial charge in [-0.15, -0.1) is 0 Å². The molecule has 110 valence electrons. The first-order valence-corrected chi connectivity index (χ1v) is 8.37. The minimum atomic E-state index is -2.98. The quantitative estimate of drug-likeness (QED) is 0.896. The normalized spacial score (nSPS) is 17.8. The van der Waals surface area contributed by atoms with Gasteiger partial charge in [0, 0.05) is 18.5 Å². The predicted octanol–water partition coefficient (Wildman–Crippen LogP) is 1.17. The fourth-order valence-corrected chi connectivity index (χ4v) is 3.64. The van der Waals surface area contributed by atoms with Crippen LogP contribution >= 0.6 is 0 Å². The lowest BCUT2D eigenvalue weighted by atomic mass is 10.1. The maximum atomic E-state index is 11.5. The molecule has 21 heavy (non-hydrogen) atoms. The summed E-state index contributed by atoms with van der Waals surface area (Å²) < 4.78 is 22.9. The molecule has 2 aromatic rings. The fourth-order valence-electron chi connectivity index (χ4n) is 2.44. The lowest BCUT2D eigenvalue weighted by Crippen LogP contribution is -2.40. The monoisotopic (exact) mass is 306 g/mol. The molecule has 7 heteroatoms. The second-order valence-corrected chi connectivity index (χ2v) is 7.29. The second kappa shape index (κ2) is 5.00. The summed E-state index contributed by atoms with van der Waals surface area (Å²) in [5.74, 6) is -0.353. The minimum absolute atomic E-state index is 0.0733. The highest BCUT2D eigenvalue weighted by atomic mass is 32.2. The number of carboxylic acids is 1. The van der Waals surface area contributed by atoms with Gasteiger partial charge in [-0.1, -0.05) is 18.2 Å². The number of fused-ring (bicyclic) bond motifs is 1. The van der Waals surface area contributed by atoms with Crippen molar-refractivity contribution in [2.75, 3.05) is 29.5 Å². The van der Waals surface area contributed by atoms with Gasteiger partial charge < -0.3 is 10.0 Å². The molecular formula is C14H14N2O4S. The van der Waals surface area contributed by atoms with E-state index in [1.807, 2.05) is 4.90 Å². The van der Waals surface area contributed by atoms with Gasteiger partial charge in [0.25, 0.3) is 0 Å². The largest absolute Gasteiger partial charge is 0.478 e. The van der Waals surface area contributed by atoms with E-state index >= 15 is 0 Å². The molecule has 0 spiro atoms. The number of sulfone groups is 1. The number of benzene rings is 1. The first-order chi connectivity index (χ1) is 9.96. The number of aromatic carboxylic acids is 1. The van der Waals surface area contributed by atoms with Gasteiger partial charge in [0.2, 0.25) is 0 Å². The van der Waals surface area contributed by atoms with E-state index in [0.29, 0.717) is 29.8 Å². The van der Waals surface area contributed by atoms with E-state index in [1.54, 1.807) is 24.3 Å². The number of aromatic nitrogens is 1. The average molecular weight is 306 g/mol. The molecule has 0 radical (unpaired) electrons. The molecule has 1 aliphatic heterocycles. The molecule has 0 saturated carbocycles. The van der Waals surface area contributed by atoms with Crippen molar-refractivity contribution in [1.82, 2.24) is 4.98 Å². The zero-order valence-corrected chi connectivity index (χ0v) is 12.0. The zero-order chi connectivity index (χ0) is 15.0. The fraction of sp³-hybridized carbons (Fsp3) is 0.286. The Morgan fingerprint density at radius 2 is 1.86 bits per heavy atom. The van der Waals surface area contributed by atoms with Crippen molar-refractivity contribution in [3.63, 3.8) is 0 Å². The van der Waals surface area contributed by atoms with Gasteiger partial charge >= 0.3 is 5.97 Å². The van der Waals surface area contributed by atoms with Crippen LogP contribution in [-0.2, 0) is 9.84 Å². The number of hydrogen-bond acceptors (Lipinski definition) is 5. The Morgan fingerprint density at radius 1 is 1.19 bits per heavy atom. The minimum Gasteiger partial charge on any atom is -0.478 e. The van der Waals surface area contributed by atoms with E-state index in [2.05, 4.69) is 4.98 Å². The summed E-state index contributed by atoms with van der Waals surface area (Å²) in [5, 5.41) is 9.93. The van der Waals surface area contributed by atoms with Gasteiger partial charge in [0.15, 0.2) is 9.84 Å². The standard InChI is InChI=1S/C14H14N2O4S/c17-14(18)11-9-13(15-12-4-2-1-3-10(11)12)16-5-7-21(19,20)8-6-16/h1-4,9H,5-8H2,(H,17,18). The van der Waals surface area contributed by atoms with E-state index in [9.17, 15) is 18.3 Å². The Bertz CT molecular complexity index is 803. The molecule has 0 unspecified atom stereocenters. The summed E-state index contributed by atoms with van der Waals surface area (Å²) in [7, 11) is -2.98. The summed E-state index contributed by atoms with van der Waals surface area (Å²) in [4.78, 5) is 17.7. The molecule has 0 bridgehead atoms. The lowest BCUT2D eigenvalue weighted by molar-refractivity contribution is 0.0699. The summed E-state index contributed by atoms with van der Waals surface area (Å²) in [6, 6.07) is 8.56. The lowest BCUT2D eigenvalue weighted by Gasteiger charge is -2.28. The Kier molecular flexibility index (Phi) is 3.29. The molecule has 6 nitrogen and oxygen atoms in total. The third-order valence-electron chi connectivity index (χ3n) is 3.60. The van der Waals surface area contributed by atoms with Crippen LogP contribution in [0.4, 0.5) is 5.82 Å². The highest BCUT2D eigenvalue weighted by Crippen LogP contribution is 2.24. The molecule has 0 amide bonds. The predicted molar refractivity (Wildman–Crippen MR) is 79.6 cm³/mol. The van der Waals surface area contributed by atoms with Crippen LogP contribution in [0.1, 0.15) is 10.4 Å². The molecule has 1 aliphatic rings. The zero-order valence-electron chi connectivity index (χ0n) is 11.2. The van der Waals surface area contributed by atoms with Gasteiger partial charge in [-0.25, -0.2) is 18.2 Å². The number of pyridine rings is 1. The van der Waals surface area contributed by atoms with Crippen LogP contribution in [0.25, 0.3) is 10.9 Å². The second-order valence-electron chi connectivity index (χ2n) is 4.99. The van der Waals surface area contributed by atoms with Crippen LogP contribution in [0.5, 0.6) is 0 Å². The van der Waals surface area contributed by atoms with Gasteiger partial charge in [0.05, 0.1) is 22.6 Å². The number of hydrogen-bond donors (Lipinski definition) is 1. The molecular weight excluding hydrogens is 292 g/mol. The number of nitrogens with zero attached hydrogens (tertiary/aromatic N) is 2. The van der Waals surface area contributed by atoms with E-state index in [0.717, 1.165) is 0 Å². The number of rotatable bonds is 2. The number of anilines is 1. The van der Waals surface area contributed by atoms with E-state index in [4.69, 9.17) is 0 Å². The number of para-hydroxylation sites is 1. The third-order valence-corrected chi connectivity index (χ3v) is 5.21. The van der Waals surface area contributed by atoms with Crippen LogP contribution in [-0.4, -0.2) is 49.1 Å². The molecule has 1 aromatic heterocycles. The smallest absolute Gasteiger partial charge is 0.336 e. The number of carbonyl (C=O) groups is 1. The first kappa shape index (κ1) is 13.8. The molecule has 3 rings (SSSR count). The first-order valence-electron chi connectivity index (χ1n) is 6.55. The Balaban J connectivity index is 2.06. The molecule has 0 aliphatic carbocycles. The van der Waals surface area contributed by atoms with Crippen LogP contribution in [0, 0.1) is 0 Å². The Morgan fingerprint density at radius 3 is 2.52 bits per heavy atom. The third kappa shape index (κ3) is 2.69. The molecule has 1 aromatic carbocycles.